The van der Waals surface area contributed by atoms with Crippen molar-refractivity contribution in [3.8, 4) is 11.3 Å². The zero-order valence-corrected chi connectivity index (χ0v) is 19.4. The largest absolute Gasteiger partial charge is 0.327 e. The topological polar surface area (TPSA) is 49.6 Å². The zero-order chi connectivity index (χ0) is 22.4. The Kier molecular flexibility index (Phi) is 4.93. The Bertz CT molecular complexity index is 1410. The summed E-state index contributed by atoms with van der Waals surface area (Å²) in [6.07, 6.45) is 4.01. The van der Waals surface area contributed by atoms with E-state index in [9.17, 15) is 4.79 Å². The van der Waals surface area contributed by atoms with Gasteiger partial charge in [0, 0.05) is 38.8 Å². The van der Waals surface area contributed by atoms with Crippen molar-refractivity contribution >= 4 is 51.0 Å². The van der Waals surface area contributed by atoms with Crippen LogP contribution in [0.25, 0.3) is 16.2 Å². The molecule has 0 spiro atoms. The van der Waals surface area contributed by atoms with Gasteiger partial charge in [-0.3, -0.25) is 9.20 Å². The normalized spacial score (nSPS) is 13.4. The van der Waals surface area contributed by atoms with Crippen LogP contribution in [-0.4, -0.2) is 21.3 Å². The second-order valence-electron chi connectivity index (χ2n) is 7.87. The van der Waals surface area contributed by atoms with E-state index in [1.165, 1.54) is 0 Å². The SMILES string of the molecule is CC(C(=O)Nc1cccc(-c2cn3ccsc3n2)c1)N1c2ccccc2Sc2ccccc21. The Labute approximate surface area is 199 Å². The molecule has 7 heteroatoms. The molecule has 2 aromatic heterocycles. The van der Waals surface area contributed by atoms with Gasteiger partial charge < -0.3 is 10.2 Å². The fraction of sp³-hybridized carbons (Fsp3) is 0.0769. The van der Waals surface area contributed by atoms with Gasteiger partial charge in [0.05, 0.1) is 17.1 Å². The lowest BCUT2D eigenvalue weighted by Crippen LogP contribution is -2.40. The Morgan fingerprint density at radius 1 is 0.970 bits per heavy atom. The van der Waals surface area contributed by atoms with Crippen LogP contribution in [0, 0.1) is 0 Å². The Morgan fingerprint density at radius 2 is 1.70 bits per heavy atom. The van der Waals surface area contributed by atoms with Crippen molar-refractivity contribution in [2.75, 3.05) is 10.2 Å². The van der Waals surface area contributed by atoms with Crippen molar-refractivity contribution in [3.63, 3.8) is 0 Å². The molecule has 1 aliphatic rings. The van der Waals surface area contributed by atoms with Crippen LogP contribution < -0.4 is 10.2 Å². The molecule has 0 bridgehead atoms. The lowest BCUT2D eigenvalue weighted by Gasteiger charge is -2.36. The Balaban J connectivity index is 1.29. The van der Waals surface area contributed by atoms with Gasteiger partial charge in [-0.05, 0) is 43.3 Å². The second-order valence-corrected chi connectivity index (χ2v) is 9.83. The maximum atomic E-state index is 13.4. The highest BCUT2D eigenvalue weighted by molar-refractivity contribution is 7.99. The summed E-state index contributed by atoms with van der Waals surface area (Å²) in [5, 5.41) is 5.13. The highest BCUT2D eigenvalue weighted by Crippen LogP contribution is 2.48. The molecular formula is C26H20N4OS2. The Hall–Kier alpha value is -3.55. The van der Waals surface area contributed by atoms with Crippen molar-refractivity contribution in [1.82, 2.24) is 9.38 Å². The molecule has 33 heavy (non-hydrogen) atoms. The number of rotatable bonds is 4. The number of aromatic nitrogens is 2. The summed E-state index contributed by atoms with van der Waals surface area (Å²) in [6.45, 7) is 1.95. The Morgan fingerprint density at radius 3 is 2.42 bits per heavy atom. The van der Waals surface area contributed by atoms with E-state index >= 15 is 0 Å². The number of fused-ring (bicyclic) bond motifs is 3. The number of hydrogen-bond acceptors (Lipinski definition) is 5. The maximum Gasteiger partial charge on any atom is 0.247 e. The van der Waals surface area contributed by atoms with Gasteiger partial charge in [0.15, 0.2) is 4.96 Å². The quantitative estimate of drug-likeness (QED) is 0.319. The van der Waals surface area contributed by atoms with Crippen LogP contribution in [0.5, 0.6) is 0 Å². The minimum Gasteiger partial charge on any atom is -0.327 e. The number of imidazole rings is 1. The third-order valence-electron chi connectivity index (χ3n) is 5.76. The summed E-state index contributed by atoms with van der Waals surface area (Å²) in [5.41, 5.74) is 4.73. The molecule has 1 unspecified atom stereocenters. The number of hydrogen-bond donors (Lipinski definition) is 1. The summed E-state index contributed by atoms with van der Waals surface area (Å²) >= 11 is 3.34. The molecule has 0 saturated heterocycles. The first-order valence-corrected chi connectivity index (χ1v) is 12.4. The lowest BCUT2D eigenvalue weighted by molar-refractivity contribution is -0.117. The molecule has 0 radical (unpaired) electrons. The minimum atomic E-state index is -0.394. The van der Waals surface area contributed by atoms with Crippen LogP contribution in [0.15, 0.2) is 100 Å². The zero-order valence-electron chi connectivity index (χ0n) is 17.8. The van der Waals surface area contributed by atoms with Gasteiger partial charge >= 0.3 is 0 Å². The molecule has 6 rings (SSSR count). The lowest BCUT2D eigenvalue weighted by atomic mass is 10.1. The summed E-state index contributed by atoms with van der Waals surface area (Å²) < 4.78 is 2.01. The first-order chi connectivity index (χ1) is 16.2. The van der Waals surface area contributed by atoms with Crippen molar-refractivity contribution in [1.29, 1.82) is 0 Å². The fourth-order valence-electron chi connectivity index (χ4n) is 4.14. The summed E-state index contributed by atoms with van der Waals surface area (Å²) in [6, 6.07) is 23.9. The predicted octanol–water partition coefficient (Wildman–Crippen LogP) is 6.69. The number of carbonyl (C=O) groups is 1. The third kappa shape index (κ3) is 3.59. The molecule has 1 N–H and O–H groups in total. The summed E-state index contributed by atoms with van der Waals surface area (Å²) in [4.78, 5) is 23.5. The third-order valence-corrected chi connectivity index (χ3v) is 7.66. The van der Waals surface area contributed by atoms with E-state index in [2.05, 4.69) is 39.5 Å². The van der Waals surface area contributed by atoms with Crippen molar-refractivity contribution in [3.05, 3.63) is 90.6 Å². The number of nitrogens with one attached hydrogen (secondary N) is 1. The highest BCUT2D eigenvalue weighted by Gasteiger charge is 2.30. The molecule has 162 valence electrons. The van der Waals surface area contributed by atoms with Crippen molar-refractivity contribution < 1.29 is 4.79 Å². The van der Waals surface area contributed by atoms with Gasteiger partial charge in [0.25, 0.3) is 0 Å². The molecule has 1 amide bonds. The first kappa shape index (κ1) is 20.1. The van der Waals surface area contributed by atoms with Gasteiger partial charge in [-0.25, -0.2) is 4.98 Å². The van der Waals surface area contributed by atoms with E-state index in [1.54, 1.807) is 23.1 Å². The van der Waals surface area contributed by atoms with Crippen LogP contribution in [0.1, 0.15) is 6.92 Å². The van der Waals surface area contributed by atoms with Crippen molar-refractivity contribution in [2.45, 2.75) is 22.8 Å². The number of benzene rings is 3. The summed E-state index contributed by atoms with van der Waals surface area (Å²) in [7, 11) is 0. The number of carbonyl (C=O) groups excluding carboxylic acids is 1. The molecule has 3 aromatic carbocycles. The van der Waals surface area contributed by atoms with Crippen molar-refractivity contribution in [2.24, 2.45) is 0 Å². The van der Waals surface area contributed by atoms with E-state index in [1.807, 2.05) is 77.6 Å². The maximum absolute atomic E-state index is 13.4. The van der Waals surface area contributed by atoms with Gasteiger partial charge in [-0.15, -0.1) is 11.3 Å². The van der Waals surface area contributed by atoms with E-state index in [-0.39, 0.29) is 5.91 Å². The summed E-state index contributed by atoms with van der Waals surface area (Å²) in [5.74, 6) is -0.0607. The van der Waals surface area contributed by atoms with Crippen LogP contribution >= 0.6 is 23.1 Å². The fourth-order valence-corrected chi connectivity index (χ4v) is 5.91. The average Bonchev–Trinajstić information content (AvgIpc) is 3.45. The van der Waals surface area contributed by atoms with Gasteiger partial charge in [0.2, 0.25) is 5.91 Å². The van der Waals surface area contributed by atoms with Crippen LogP contribution in [-0.2, 0) is 4.79 Å². The molecule has 1 aliphatic heterocycles. The van der Waals surface area contributed by atoms with Crippen LogP contribution in [0.4, 0.5) is 17.1 Å². The molecule has 0 fully saturated rings. The monoisotopic (exact) mass is 468 g/mol. The second kappa shape index (κ2) is 8.10. The molecule has 0 saturated carbocycles. The van der Waals surface area contributed by atoms with Crippen LogP contribution in [0.2, 0.25) is 0 Å². The van der Waals surface area contributed by atoms with E-state index in [0.717, 1.165) is 43.1 Å². The molecule has 0 aliphatic carbocycles. The molecule has 3 heterocycles. The molecule has 5 aromatic rings. The highest BCUT2D eigenvalue weighted by atomic mass is 32.2. The predicted molar refractivity (Wildman–Crippen MR) is 136 cm³/mol. The van der Waals surface area contributed by atoms with E-state index in [0.29, 0.717) is 0 Å². The number of amides is 1. The van der Waals surface area contributed by atoms with Gasteiger partial charge in [-0.2, -0.15) is 0 Å². The van der Waals surface area contributed by atoms with E-state index < -0.39 is 6.04 Å². The van der Waals surface area contributed by atoms with Gasteiger partial charge in [0.1, 0.15) is 6.04 Å². The van der Waals surface area contributed by atoms with Gasteiger partial charge in [-0.1, -0.05) is 48.2 Å². The number of para-hydroxylation sites is 2. The minimum absolute atomic E-state index is 0.0607. The number of anilines is 3. The molecule has 1 atom stereocenters. The molecule has 5 nitrogen and oxygen atoms in total. The van der Waals surface area contributed by atoms with Crippen LogP contribution in [0.3, 0.4) is 0 Å². The number of thiazole rings is 1. The van der Waals surface area contributed by atoms with E-state index in [4.69, 9.17) is 0 Å². The number of nitrogens with zero attached hydrogens (tertiary/aromatic N) is 3. The average molecular weight is 469 g/mol. The standard InChI is InChI=1S/C26H20N4OS2/c1-17(30-21-9-2-4-11-23(21)33-24-12-5-3-10-22(24)30)25(31)27-19-8-6-7-18(15-19)20-16-29-13-14-32-26(29)28-20/h2-17H,1H3,(H,27,31). The first-order valence-electron chi connectivity index (χ1n) is 10.7. The molecular weight excluding hydrogens is 448 g/mol. The smallest absolute Gasteiger partial charge is 0.247 e.